The number of carboxylic acids is 1. The van der Waals surface area contributed by atoms with Gasteiger partial charge in [0, 0.05) is 12.1 Å². The van der Waals surface area contributed by atoms with Crippen LogP contribution in [0.3, 0.4) is 0 Å². The lowest BCUT2D eigenvalue weighted by molar-refractivity contribution is -0.384. The zero-order chi connectivity index (χ0) is 11.8. The van der Waals surface area contributed by atoms with Gasteiger partial charge in [0.25, 0.3) is 5.69 Å². The molecule has 15 heavy (non-hydrogen) atoms. The van der Waals surface area contributed by atoms with E-state index in [2.05, 4.69) is 13.8 Å². The first-order chi connectivity index (χ1) is 7.02. The summed E-state index contributed by atoms with van der Waals surface area (Å²) in [4.78, 5) is 19.9. The molecule has 1 aromatic carbocycles. The number of hydrogen-bond donors (Lipinski definition) is 1. The molecule has 1 rings (SSSR count). The standard InChI is InChI=1S/C7H5NO4.C3H8/c9-7(10)5-1-3-6(4-2-5)8(11)12;1-3-2/h1-4H,(H,9,10);3H2,1-2H3. The van der Waals surface area contributed by atoms with Crippen LogP contribution in [0.4, 0.5) is 5.69 Å². The van der Waals surface area contributed by atoms with Crippen LogP contribution in [0, 0.1) is 10.1 Å². The van der Waals surface area contributed by atoms with E-state index >= 15 is 0 Å². The summed E-state index contributed by atoms with van der Waals surface area (Å²) in [5.74, 6) is -1.09. The Labute approximate surface area is 87.5 Å². The minimum absolute atomic E-state index is 0.0422. The molecular weight excluding hydrogens is 198 g/mol. The maximum Gasteiger partial charge on any atom is 0.335 e. The highest BCUT2D eigenvalue weighted by Gasteiger charge is 2.06. The normalized spacial score (nSPS) is 8.67. The SMILES string of the molecule is CCC.O=C(O)c1ccc([N+](=O)[O-])cc1. The topological polar surface area (TPSA) is 80.4 Å². The molecule has 0 heterocycles. The Morgan fingerprint density at radius 3 is 2.00 bits per heavy atom. The molecule has 0 radical (unpaired) electrons. The molecule has 0 unspecified atom stereocenters. The second-order valence-electron chi connectivity index (χ2n) is 2.82. The number of benzene rings is 1. The number of hydrogen-bond acceptors (Lipinski definition) is 3. The van der Waals surface area contributed by atoms with Crippen molar-refractivity contribution in [1.29, 1.82) is 0 Å². The number of nitro benzene ring substituents is 1. The third-order valence-corrected chi connectivity index (χ3v) is 1.33. The molecule has 1 aromatic rings. The quantitative estimate of drug-likeness (QED) is 0.602. The van der Waals surface area contributed by atoms with Crippen LogP contribution in [-0.4, -0.2) is 16.0 Å². The number of nitrogens with zero attached hydrogens (tertiary/aromatic N) is 1. The first kappa shape index (κ1) is 13.1. The Morgan fingerprint density at radius 1 is 1.33 bits per heavy atom. The van der Waals surface area contributed by atoms with E-state index in [1.165, 1.54) is 18.6 Å². The van der Waals surface area contributed by atoms with Crippen molar-refractivity contribution in [3.8, 4) is 0 Å². The number of non-ortho nitro benzene ring substituents is 1. The summed E-state index contributed by atoms with van der Waals surface area (Å²) in [7, 11) is 0. The molecular formula is C10H13NO4. The Balaban J connectivity index is 0.000000583. The van der Waals surface area contributed by atoms with Gasteiger partial charge < -0.3 is 5.11 Å². The fourth-order valence-electron chi connectivity index (χ4n) is 0.726. The summed E-state index contributed by atoms with van der Waals surface area (Å²) in [6.07, 6.45) is 1.25. The molecule has 0 spiro atoms. The molecule has 1 N–H and O–H groups in total. The van der Waals surface area contributed by atoms with Gasteiger partial charge in [0.05, 0.1) is 10.5 Å². The second kappa shape index (κ2) is 6.53. The molecule has 0 aliphatic carbocycles. The molecule has 5 nitrogen and oxygen atoms in total. The van der Waals surface area contributed by atoms with Gasteiger partial charge in [0.1, 0.15) is 0 Å². The third kappa shape index (κ3) is 4.75. The van der Waals surface area contributed by atoms with Crippen molar-refractivity contribution in [3.63, 3.8) is 0 Å². The van der Waals surface area contributed by atoms with Gasteiger partial charge in [-0.25, -0.2) is 4.79 Å². The molecule has 82 valence electrons. The highest BCUT2D eigenvalue weighted by molar-refractivity contribution is 5.87. The van der Waals surface area contributed by atoms with Gasteiger partial charge in [-0.1, -0.05) is 20.3 Å². The number of rotatable bonds is 2. The lowest BCUT2D eigenvalue weighted by atomic mass is 10.2. The second-order valence-corrected chi connectivity index (χ2v) is 2.82. The van der Waals surface area contributed by atoms with Crippen molar-refractivity contribution in [3.05, 3.63) is 39.9 Å². The van der Waals surface area contributed by atoms with Crippen LogP contribution in [0.5, 0.6) is 0 Å². The summed E-state index contributed by atoms with van der Waals surface area (Å²) >= 11 is 0. The van der Waals surface area contributed by atoms with Gasteiger partial charge >= 0.3 is 5.97 Å². The number of nitro groups is 1. The molecule has 5 heteroatoms. The highest BCUT2D eigenvalue weighted by atomic mass is 16.6. The van der Waals surface area contributed by atoms with Crippen molar-refractivity contribution in [2.24, 2.45) is 0 Å². The van der Waals surface area contributed by atoms with Gasteiger partial charge in [-0.05, 0) is 12.1 Å². The van der Waals surface area contributed by atoms with E-state index in [0.29, 0.717) is 0 Å². The van der Waals surface area contributed by atoms with Crippen molar-refractivity contribution >= 4 is 11.7 Å². The van der Waals surface area contributed by atoms with Gasteiger partial charge in [0.15, 0.2) is 0 Å². The minimum Gasteiger partial charge on any atom is -0.478 e. The monoisotopic (exact) mass is 211 g/mol. The fraction of sp³-hybridized carbons (Fsp3) is 0.300. The number of carbonyl (C=O) groups is 1. The van der Waals surface area contributed by atoms with Gasteiger partial charge in [-0.2, -0.15) is 0 Å². The summed E-state index contributed by atoms with van der Waals surface area (Å²) < 4.78 is 0. The van der Waals surface area contributed by atoms with E-state index in [1.54, 1.807) is 0 Å². The molecule has 0 saturated carbocycles. The predicted molar refractivity (Wildman–Crippen MR) is 56.0 cm³/mol. The highest BCUT2D eigenvalue weighted by Crippen LogP contribution is 2.11. The summed E-state index contributed by atoms with van der Waals surface area (Å²) in [5, 5.41) is 18.6. The molecule has 0 bridgehead atoms. The largest absolute Gasteiger partial charge is 0.478 e. The van der Waals surface area contributed by atoms with E-state index in [1.807, 2.05) is 0 Å². The summed E-state index contributed by atoms with van der Waals surface area (Å²) in [5.41, 5.74) is -0.0689. The number of aromatic carboxylic acids is 1. The van der Waals surface area contributed by atoms with Crippen LogP contribution in [-0.2, 0) is 0 Å². The Morgan fingerprint density at radius 2 is 1.73 bits per heavy atom. The summed E-state index contributed by atoms with van der Waals surface area (Å²) in [6.45, 7) is 4.25. The Kier molecular flexibility index (Phi) is 5.70. The molecule has 0 atom stereocenters. The van der Waals surface area contributed by atoms with Crippen LogP contribution in [0.2, 0.25) is 0 Å². The van der Waals surface area contributed by atoms with Crippen LogP contribution < -0.4 is 0 Å². The van der Waals surface area contributed by atoms with Crippen LogP contribution >= 0.6 is 0 Å². The first-order valence-corrected chi connectivity index (χ1v) is 4.50. The summed E-state index contributed by atoms with van der Waals surface area (Å²) in [6, 6.07) is 4.70. The van der Waals surface area contributed by atoms with E-state index in [9.17, 15) is 14.9 Å². The van der Waals surface area contributed by atoms with E-state index < -0.39 is 10.9 Å². The molecule has 0 saturated heterocycles. The van der Waals surface area contributed by atoms with E-state index in [4.69, 9.17) is 5.11 Å². The van der Waals surface area contributed by atoms with Crippen LogP contribution in [0.1, 0.15) is 30.6 Å². The van der Waals surface area contributed by atoms with Gasteiger partial charge in [-0.3, -0.25) is 10.1 Å². The lowest BCUT2D eigenvalue weighted by Crippen LogP contribution is -1.96. The van der Waals surface area contributed by atoms with Gasteiger partial charge in [0.2, 0.25) is 0 Å². The van der Waals surface area contributed by atoms with E-state index in [-0.39, 0.29) is 11.3 Å². The van der Waals surface area contributed by atoms with E-state index in [0.717, 1.165) is 12.1 Å². The number of carboxylic acid groups (broad SMARTS) is 1. The minimum atomic E-state index is -1.09. The lowest BCUT2D eigenvalue weighted by Gasteiger charge is -1.92. The van der Waals surface area contributed by atoms with Crippen LogP contribution in [0.25, 0.3) is 0 Å². The average molecular weight is 211 g/mol. The third-order valence-electron chi connectivity index (χ3n) is 1.33. The van der Waals surface area contributed by atoms with Crippen molar-refractivity contribution in [2.45, 2.75) is 20.3 Å². The molecule has 0 aliphatic heterocycles. The fourth-order valence-corrected chi connectivity index (χ4v) is 0.726. The zero-order valence-corrected chi connectivity index (χ0v) is 8.64. The maximum absolute atomic E-state index is 10.3. The Bertz CT molecular complexity index is 299. The van der Waals surface area contributed by atoms with Crippen LogP contribution in [0.15, 0.2) is 24.3 Å². The average Bonchev–Trinajstić information content (AvgIpc) is 2.19. The molecule has 0 aliphatic rings. The smallest absolute Gasteiger partial charge is 0.335 e. The molecule has 0 amide bonds. The molecule has 0 aromatic heterocycles. The first-order valence-electron chi connectivity index (χ1n) is 4.50. The predicted octanol–water partition coefficient (Wildman–Crippen LogP) is 2.71. The Hall–Kier alpha value is -1.91. The molecule has 0 fully saturated rings. The van der Waals surface area contributed by atoms with Crippen molar-refractivity contribution in [1.82, 2.24) is 0 Å². The maximum atomic E-state index is 10.3. The van der Waals surface area contributed by atoms with Gasteiger partial charge in [-0.15, -0.1) is 0 Å². The zero-order valence-electron chi connectivity index (χ0n) is 8.64. The van der Waals surface area contributed by atoms with Crippen molar-refractivity contribution < 1.29 is 14.8 Å². The van der Waals surface area contributed by atoms with Crippen molar-refractivity contribution in [2.75, 3.05) is 0 Å².